The first-order valence-electron chi connectivity index (χ1n) is 5.63. The third kappa shape index (κ3) is 6.36. The molecule has 4 heteroatoms. The summed E-state index contributed by atoms with van der Waals surface area (Å²) in [6, 6.07) is 3.84. The summed E-state index contributed by atoms with van der Waals surface area (Å²) in [5.41, 5.74) is 0. The van der Waals surface area contributed by atoms with Crippen LogP contribution in [0.15, 0.2) is 23.4 Å². The molecule has 0 aliphatic carbocycles. The van der Waals surface area contributed by atoms with E-state index >= 15 is 0 Å². The van der Waals surface area contributed by atoms with Gasteiger partial charge in [0.05, 0.1) is 10.0 Å². The molecule has 0 bridgehead atoms. The number of nitrogens with one attached hydrogen (secondary N) is 1. The van der Waals surface area contributed by atoms with Crippen LogP contribution in [0.1, 0.15) is 20.3 Å². The summed E-state index contributed by atoms with van der Waals surface area (Å²) in [5.74, 6) is 1.82. The van der Waals surface area contributed by atoms with Crippen LogP contribution in [0.5, 0.6) is 0 Å². The SMILES string of the molecule is CC(C)CCNCCSc1ccc(Cl)cn1. The van der Waals surface area contributed by atoms with Crippen LogP contribution < -0.4 is 5.32 Å². The lowest BCUT2D eigenvalue weighted by molar-refractivity contribution is 0.547. The molecule has 90 valence electrons. The molecule has 0 spiro atoms. The van der Waals surface area contributed by atoms with Gasteiger partial charge in [-0.15, -0.1) is 11.8 Å². The van der Waals surface area contributed by atoms with E-state index in [0.29, 0.717) is 5.02 Å². The summed E-state index contributed by atoms with van der Waals surface area (Å²) in [6.45, 7) is 6.62. The Hall–Kier alpha value is -0.250. The molecule has 0 atom stereocenters. The highest BCUT2D eigenvalue weighted by Gasteiger charge is 1.96. The molecule has 2 nitrogen and oxygen atoms in total. The van der Waals surface area contributed by atoms with Crippen molar-refractivity contribution in [2.24, 2.45) is 5.92 Å². The number of rotatable bonds is 7. The fourth-order valence-electron chi connectivity index (χ4n) is 1.19. The van der Waals surface area contributed by atoms with Crippen LogP contribution in [0.2, 0.25) is 5.02 Å². The van der Waals surface area contributed by atoms with Crippen LogP contribution in [0.3, 0.4) is 0 Å². The molecule has 0 radical (unpaired) electrons. The topological polar surface area (TPSA) is 24.9 Å². The van der Waals surface area contributed by atoms with Gasteiger partial charge >= 0.3 is 0 Å². The number of halogens is 1. The van der Waals surface area contributed by atoms with Crippen molar-refractivity contribution in [3.8, 4) is 0 Å². The number of hydrogen-bond acceptors (Lipinski definition) is 3. The molecular formula is C12H19ClN2S. The molecule has 1 aromatic heterocycles. The Bertz CT molecular complexity index is 288. The van der Waals surface area contributed by atoms with Gasteiger partial charge < -0.3 is 5.32 Å². The number of aromatic nitrogens is 1. The van der Waals surface area contributed by atoms with Gasteiger partial charge in [0.25, 0.3) is 0 Å². The molecule has 0 aromatic carbocycles. The zero-order valence-electron chi connectivity index (χ0n) is 9.87. The molecule has 0 amide bonds. The van der Waals surface area contributed by atoms with E-state index in [4.69, 9.17) is 11.6 Å². The second kappa shape index (κ2) is 7.93. The molecule has 0 unspecified atom stereocenters. The summed E-state index contributed by atoms with van der Waals surface area (Å²) in [6.07, 6.45) is 2.93. The van der Waals surface area contributed by atoms with Crippen molar-refractivity contribution in [1.82, 2.24) is 10.3 Å². The number of thioether (sulfide) groups is 1. The van der Waals surface area contributed by atoms with E-state index in [1.165, 1.54) is 6.42 Å². The monoisotopic (exact) mass is 258 g/mol. The van der Waals surface area contributed by atoms with E-state index in [1.807, 2.05) is 12.1 Å². The largest absolute Gasteiger partial charge is 0.316 e. The van der Waals surface area contributed by atoms with E-state index in [9.17, 15) is 0 Å². The summed E-state index contributed by atoms with van der Waals surface area (Å²) >= 11 is 7.52. The highest BCUT2D eigenvalue weighted by atomic mass is 35.5. The number of pyridine rings is 1. The minimum atomic E-state index is 0.694. The fourth-order valence-corrected chi connectivity index (χ4v) is 2.05. The van der Waals surface area contributed by atoms with Crippen LogP contribution in [0.4, 0.5) is 0 Å². The first-order chi connectivity index (χ1) is 7.68. The summed E-state index contributed by atoms with van der Waals surface area (Å²) in [7, 11) is 0. The Labute approximate surface area is 107 Å². The Morgan fingerprint density at radius 2 is 2.19 bits per heavy atom. The van der Waals surface area contributed by atoms with E-state index in [2.05, 4.69) is 24.1 Å². The highest BCUT2D eigenvalue weighted by molar-refractivity contribution is 7.99. The number of hydrogen-bond donors (Lipinski definition) is 1. The molecule has 1 heterocycles. The lowest BCUT2D eigenvalue weighted by Gasteiger charge is -2.06. The average molecular weight is 259 g/mol. The zero-order valence-corrected chi connectivity index (χ0v) is 11.4. The quantitative estimate of drug-likeness (QED) is 0.599. The van der Waals surface area contributed by atoms with Crippen molar-refractivity contribution in [2.75, 3.05) is 18.8 Å². The summed E-state index contributed by atoms with van der Waals surface area (Å²) in [5, 5.41) is 5.15. The van der Waals surface area contributed by atoms with Crippen LogP contribution in [-0.4, -0.2) is 23.8 Å². The third-order valence-electron chi connectivity index (χ3n) is 2.13. The first-order valence-corrected chi connectivity index (χ1v) is 7.00. The van der Waals surface area contributed by atoms with Crippen molar-refractivity contribution in [1.29, 1.82) is 0 Å². The van der Waals surface area contributed by atoms with Gasteiger partial charge in [0.2, 0.25) is 0 Å². The van der Waals surface area contributed by atoms with E-state index in [1.54, 1.807) is 18.0 Å². The van der Waals surface area contributed by atoms with Gasteiger partial charge in [0.15, 0.2) is 0 Å². The lowest BCUT2D eigenvalue weighted by Crippen LogP contribution is -2.19. The normalized spacial score (nSPS) is 11.0. The molecule has 1 aromatic rings. The molecule has 1 N–H and O–H groups in total. The second-order valence-corrected chi connectivity index (χ2v) is 5.65. The first kappa shape index (κ1) is 13.8. The molecule has 16 heavy (non-hydrogen) atoms. The van der Waals surface area contributed by atoms with Crippen molar-refractivity contribution in [2.45, 2.75) is 25.3 Å². The molecule has 0 saturated carbocycles. The Balaban J connectivity index is 2.05. The van der Waals surface area contributed by atoms with Crippen molar-refractivity contribution in [3.63, 3.8) is 0 Å². The third-order valence-corrected chi connectivity index (χ3v) is 3.30. The maximum atomic E-state index is 5.76. The van der Waals surface area contributed by atoms with Gasteiger partial charge in [-0.3, -0.25) is 0 Å². The lowest BCUT2D eigenvalue weighted by atomic mass is 10.1. The fraction of sp³-hybridized carbons (Fsp3) is 0.583. The molecule has 0 aliphatic rings. The summed E-state index contributed by atoms with van der Waals surface area (Å²) in [4.78, 5) is 4.23. The van der Waals surface area contributed by atoms with Gasteiger partial charge in [-0.25, -0.2) is 4.98 Å². The van der Waals surface area contributed by atoms with Gasteiger partial charge in [-0.1, -0.05) is 25.4 Å². The Kier molecular flexibility index (Phi) is 6.85. The highest BCUT2D eigenvalue weighted by Crippen LogP contribution is 2.16. The maximum Gasteiger partial charge on any atom is 0.0961 e. The Morgan fingerprint density at radius 3 is 2.81 bits per heavy atom. The standard InChI is InChI=1S/C12H19ClN2S/c1-10(2)5-6-14-7-8-16-12-4-3-11(13)9-15-12/h3-4,9-10,14H,5-8H2,1-2H3. The average Bonchev–Trinajstić information content (AvgIpc) is 2.25. The predicted octanol–water partition coefficient (Wildman–Crippen LogP) is 3.46. The minimum absolute atomic E-state index is 0.694. The Morgan fingerprint density at radius 1 is 1.38 bits per heavy atom. The van der Waals surface area contributed by atoms with Crippen LogP contribution in [0, 0.1) is 5.92 Å². The van der Waals surface area contributed by atoms with Crippen LogP contribution in [-0.2, 0) is 0 Å². The second-order valence-electron chi connectivity index (χ2n) is 4.10. The molecule has 0 fully saturated rings. The van der Waals surface area contributed by atoms with E-state index < -0.39 is 0 Å². The van der Waals surface area contributed by atoms with Gasteiger partial charge in [-0.05, 0) is 31.0 Å². The summed E-state index contributed by atoms with van der Waals surface area (Å²) < 4.78 is 0. The van der Waals surface area contributed by atoms with Crippen LogP contribution >= 0.6 is 23.4 Å². The van der Waals surface area contributed by atoms with E-state index in [-0.39, 0.29) is 0 Å². The zero-order chi connectivity index (χ0) is 11.8. The van der Waals surface area contributed by atoms with Gasteiger partial charge in [0.1, 0.15) is 0 Å². The maximum absolute atomic E-state index is 5.76. The number of nitrogens with zero attached hydrogens (tertiary/aromatic N) is 1. The molecular weight excluding hydrogens is 240 g/mol. The minimum Gasteiger partial charge on any atom is -0.316 e. The smallest absolute Gasteiger partial charge is 0.0961 e. The van der Waals surface area contributed by atoms with Crippen LogP contribution in [0.25, 0.3) is 0 Å². The predicted molar refractivity (Wildman–Crippen MR) is 72.3 cm³/mol. The van der Waals surface area contributed by atoms with Crippen molar-refractivity contribution >= 4 is 23.4 Å². The van der Waals surface area contributed by atoms with Gasteiger partial charge in [0, 0.05) is 18.5 Å². The van der Waals surface area contributed by atoms with Crippen molar-refractivity contribution in [3.05, 3.63) is 23.4 Å². The molecule has 1 rings (SSSR count). The molecule has 0 aliphatic heterocycles. The van der Waals surface area contributed by atoms with E-state index in [0.717, 1.165) is 29.8 Å². The van der Waals surface area contributed by atoms with Crippen molar-refractivity contribution < 1.29 is 0 Å². The van der Waals surface area contributed by atoms with Gasteiger partial charge in [-0.2, -0.15) is 0 Å². The molecule has 0 saturated heterocycles.